The summed E-state index contributed by atoms with van der Waals surface area (Å²) in [5, 5.41) is 3.43. The monoisotopic (exact) mass is 327 g/mol. The Kier molecular flexibility index (Phi) is 4.33. The number of rotatable bonds is 5. The Hall–Kier alpha value is -3.09. The number of nitrogens with one attached hydrogen (secondary N) is 1. The number of aromatic nitrogens is 2. The molecule has 0 atom stereocenters. The fraction of sp³-hybridized carbons (Fsp3) is 0.235. The lowest BCUT2D eigenvalue weighted by Gasteiger charge is -2.08. The normalized spacial score (nSPS) is 10.6. The molecule has 7 nitrogen and oxygen atoms in total. The fourth-order valence-electron chi connectivity index (χ4n) is 2.26. The van der Waals surface area contributed by atoms with Gasteiger partial charge in [0.25, 0.3) is 5.91 Å². The van der Waals surface area contributed by atoms with Crippen LogP contribution in [0.15, 0.2) is 35.0 Å². The van der Waals surface area contributed by atoms with Crippen LogP contribution in [0.2, 0.25) is 0 Å². The van der Waals surface area contributed by atoms with Crippen LogP contribution in [-0.4, -0.2) is 29.6 Å². The number of anilines is 1. The van der Waals surface area contributed by atoms with Crippen molar-refractivity contribution in [2.75, 3.05) is 19.0 Å². The molecule has 0 aliphatic heterocycles. The first-order valence-corrected chi connectivity index (χ1v) is 7.36. The van der Waals surface area contributed by atoms with Gasteiger partial charge in [-0.05, 0) is 38.1 Å². The van der Waals surface area contributed by atoms with Crippen molar-refractivity contribution in [2.24, 2.45) is 0 Å². The molecule has 0 radical (unpaired) electrons. The third-order valence-electron chi connectivity index (χ3n) is 3.64. The molecular weight excluding hydrogens is 310 g/mol. The number of nitrogens with zero attached hydrogens (tertiary/aromatic N) is 2. The van der Waals surface area contributed by atoms with Gasteiger partial charge in [0.15, 0.2) is 6.61 Å². The van der Waals surface area contributed by atoms with Crippen LogP contribution in [0.5, 0.6) is 11.6 Å². The lowest BCUT2D eigenvalue weighted by molar-refractivity contribution is -0.118. The van der Waals surface area contributed by atoms with Crippen molar-refractivity contribution in [1.82, 2.24) is 9.97 Å². The maximum Gasteiger partial charge on any atom is 0.262 e. The van der Waals surface area contributed by atoms with E-state index >= 15 is 0 Å². The summed E-state index contributed by atoms with van der Waals surface area (Å²) in [5.41, 5.74) is 2.01. The molecule has 1 aromatic carbocycles. The Labute approximate surface area is 138 Å². The van der Waals surface area contributed by atoms with E-state index in [4.69, 9.17) is 13.9 Å². The molecule has 0 saturated heterocycles. The highest BCUT2D eigenvalue weighted by Gasteiger charge is 2.15. The van der Waals surface area contributed by atoms with Gasteiger partial charge in [-0.2, -0.15) is 0 Å². The molecule has 7 heteroatoms. The largest absolute Gasteiger partial charge is 0.497 e. The summed E-state index contributed by atoms with van der Waals surface area (Å²) in [5.74, 6) is 1.51. The molecule has 0 bridgehead atoms. The van der Waals surface area contributed by atoms with E-state index in [9.17, 15) is 4.79 Å². The average molecular weight is 327 g/mol. The van der Waals surface area contributed by atoms with E-state index in [1.807, 2.05) is 13.8 Å². The van der Waals surface area contributed by atoms with E-state index in [-0.39, 0.29) is 12.5 Å². The number of carbonyl (C=O) groups excluding carboxylic acids is 1. The molecule has 1 amide bonds. The Morgan fingerprint density at radius 2 is 1.96 bits per heavy atom. The van der Waals surface area contributed by atoms with Gasteiger partial charge in [0.1, 0.15) is 23.2 Å². The fourth-order valence-corrected chi connectivity index (χ4v) is 2.26. The van der Waals surface area contributed by atoms with Crippen LogP contribution < -0.4 is 14.8 Å². The molecule has 124 valence electrons. The van der Waals surface area contributed by atoms with Gasteiger partial charge in [0, 0.05) is 11.3 Å². The highest BCUT2D eigenvalue weighted by atomic mass is 16.5. The Morgan fingerprint density at radius 1 is 1.21 bits per heavy atom. The topological polar surface area (TPSA) is 86.5 Å². The van der Waals surface area contributed by atoms with Crippen molar-refractivity contribution < 1.29 is 18.7 Å². The first-order chi connectivity index (χ1) is 11.6. The van der Waals surface area contributed by atoms with Crippen LogP contribution in [0.4, 0.5) is 5.69 Å². The predicted molar refractivity (Wildman–Crippen MR) is 88.4 cm³/mol. The molecule has 1 N–H and O–H groups in total. The van der Waals surface area contributed by atoms with Gasteiger partial charge in [-0.3, -0.25) is 4.79 Å². The molecule has 0 spiro atoms. The summed E-state index contributed by atoms with van der Waals surface area (Å²) in [4.78, 5) is 20.2. The molecule has 3 rings (SSSR count). The molecule has 0 aliphatic carbocycles. The highest BCUT2D eigenvalue weighted by molar-refractivity contribution is 5.92. The number of amides is 1. The van der Waals surface area contributed by atoms with Crippen LogP contribution in [0, 0.1) is 13.8 Å². The van der Waals surface area contributed by atoms with Crippen LogP contribution in [0.25, 0.3) is 11.1 Å². The number of furan rings is 1. The van der Waals surface area contributed by atoms with Gasteiger partial charge < -0.3 is 19.2 Å². The van der Waals surface area contributed by atoms with Crippen LogP contribution in [-0.2, 0) is 4.79 Å². The van der Waals surface area contributed by atoms with E-state index in [1.54, 1.807) is 31.4 Å². The van der Waals surface area contributed by atoms with Gasteiger partial charge in [-0.15, -0.1) is 0 Å². The lowest BCUT2D eigenvalue weighted by atomic mass is 10.2. The van der Waals surface area contributed by atoms with Crippen molar-refractivity contribution in [3.05, 3.63) is 41.9 Å². The number of methoxy groups -OCH3 is 1. The zero-order valence-electron chi connectivity index (χ0n) is 13.6. The molecule has 0 fully saturated rings. The van der Waals surface area contributed by atoms with Gasteiger partial charge in [0.05, 0.1) is 7.11 Å². The number of aryl methyl sites for hydroxylation is 2. The predicted octanol–water partition coefficient (Wildman–Crippen LogP) is 2.87. The van der Waals surface area contributed by atoms with Gasteiger partial charge in [-0.1, -0.05) is 0 Å². The quantitative estimate of drug-likeness (QED) is 0.775. The van der Waals surface area contributed by atoms with E-state index in [2.05, 4.69) is 15.3 Å². The van der Waals surface area contributed by atoms with Crippen LogP contribution >= 0.6 is 0 Å². The molecule has 2 aromatic heterocycles. The van der Waals surface area contributed by atoms with Crippen molar-refractivity contribution in [3.8, 4) is 11.6 Å². The first kappa shape index (κ1) is 15.8. The Morgan fingerprint density at radius 3 is 2.67 bits per heavy atom. The maximum absolute atomic E-state index is 12.0. The first-order valence-electron chi connectivity index (χ1n) is 7.36. The smallest absolute Gasteiger partial charge is 0.262 e. The molecule has 0 unspecified atom stereocenters. The van der Waals surface area contributed by atoms with Gasteiger partial charge >= 0.3 is 0 Å². The minimum atomic E-state index is -0.287. The van der Waals surface area contributed by atoms with Crippen molar-refractivity contribution in [1.29, 1.82) is 0 Å². The third-order valence-corrected chi connectivity index (χ3v) is 3.64. The number of hydrogen-bond donors (Lipinski definition) is 1. The van der Waals surface area contributed by atoms with Crippen LogP contribution in [0.3, 0.4) is 0 Å². The highest BCUT2D eigenvalue weighted by Crippen LogP contribution is 2.29. The molecule has 2 heterocycles. The zero-order chi connectivity index (χ0) is 17.1. The molecule has 0 aliphatic rings. The molecular formula is C17H17N3O4. The van der Waals surface area contributed by atoms with Crippen molar-refractivity contribution in [2.45, 2.75) is 13.8 Å². The van der Waals surface area contributed by atoms with Crippen molar-refractivity contribution >= 4 is 22.7 Å². The zero-order valence-corrected chi connectivity index (χ0v) is 13.6. The van der Waals surface area contributed by atoms with Crippen LogP contribution in [0.1, 0.15) is 11.3 Å². The number of benzene rings is 1. The summed E-state index contributed by atoms with van der Waals surface area (Å²) in [6.45, 7) is 3.58. The number of hydrogen-bond acceptors (Lipinski definition) is 6. The number of carbonyl (C=O) groups is 1. The second-order valence-electron chi connectivity index (χ2n) is 5.21. The minimum Gasteiger partial charge on any atom is -0.497 e. The molecule has 0 saturated carbocycles. The van der Waals surface area contributed by atoms with Crippen molar-refractivity contribution in [3.63, 3.8) is 0 Å². The van der Waals surface area contributed by atoms with E-state index < -0.39 is 0 Å². The standard InChI is InChI=1S/C17H17N3O4/c1-10-11(2)24-17-15(10)16(18-9-19-17)23-8-14(21)20-12-4-6-13(22-3)7-5-12/h4-7,9H,8H2,1-3H3,(H,20,21). The minimum absolute atomic E-state index is 0.165. The number of fused-ring (bicyclic) bond motifs is 1. The third kappa shape index (κ3) is 3.15. The second-order valence-corrected chi connectivity index (χ2v) is 5.21. The Balaban J connectivity index is 1.68. The SMILES string of the molecule is COc1ccc(NC(=O)COc2ncnc3oc(C)c(C)c23)cc1. The molecule has 3 aromatic rings. The van der Waals surface area contributed by atoms with Gasteiger partial charge in [0.2, 0.25) is 11.6 Å². The number of ether oxygens (including phenoxy) is 2. The van der Waals surface area contributed by atoms with E-state index in [1.165, 1.54) is 6.33 Å². The molecule has 24 heavy (non-hydrogen) atoms. The van der Waals surface area contributed by atoms with E-state index in [0.717, 1.165) is 17.1 Å². The van der Waals surface area contributed by atoms with E-state index in [0.29, 0.717) is 22.7 Å². The summed E-state index contributed by atoms with van der Waals surface area (Å²) >= 11 is 0. The average Bonchev–Trinajstić information content (AvgIpc) is 2.89. The maximum atomic E-state index is 12.0. The summed E-state index contributed by atoms with van der Waals surface area (Å²) in [6.07, 6.45) is 1.35. The summed E-state index contributed by atoms with van der Waals surface area (Å²) in [6, 6.07) is 7.04. The second kappa shape index (κ2) is 6.57. The summed E-state index contributed by atoms with van der Waals surface area (Å²) in [7, 11) is 1.59. The lowest BCUT2D eigenvalue weighted by Crippen LogP contribution is -2.20. The Bertz CT molecular complexity index is 871. The van der Waals surface area contributed by atoms with Gasteiger partial charge in [-0.25, -0.2) is 9.97 Å². The summed E-state index contributed by atoms with van der Waals surface area (Å²) < 4.78 is 16.1.